The summed E-state index contributed by atoms with van der Waals surface area (Å²) in [6, 6.07) is 1.60. The maximum atomic E-state index is 12.3. The molecule has 3 rings (SSSR count). The van der Waals surface area contributed by atoms with Crippen LogP contribution in [0, 0.1) is 0 Å². The Bertz CT molecular complexity index is 752. The van der Waals surface area contributed by atoms with E-state index in [4.69, 9.17) is 5.73 Å². The Morgan fingerprint density at radius 2 is 2.30 bits per heavy atom. The number of carbonyl (C=O) groups excluding carboxylic acids is 1. The van der Waals surface area contributed by atoms with Gasteiger partial charge < -0.3 is 11.1 Å². The van der Waals surface area contributed by atoms with Crippen molar-refractivity contribution in [2.45, 2.75) is 13.0 Å². The highest BCUT2D eigenvalue weighted by molar-refractivity contribution is 7.21. The highest BCUT2D eigenvalue weighted by Gasteiger charge is 2.19. The lowest BCUT2D eigenvalue weighted by atomic mass is 10.2. The molecule has 6 nitrogen and oxygen atoms in total. The predicted molar refractivity (Wildman–Crippen MR) is 79.8 cm³/mol. The number of hydrogen-bond acceptors (Lipinski definition) is 7. The Morgan fingerprint density at radius 3 is 3.00 bits per heavy atom. The lowest BCUT2D eigenvalue weighted by Gasteiger charge is -2.10. The average Bonchev–Trinajstić information content (AvgIpc) is 3.07. The Morgan fingerprint density at radius 1 is 1.45 bits per heavy atom. The van der Waals surface area contributed by atoms with Gasteiger partial charge in [0.1, 0.15) is 14.7 Å². The third-order valence-electron chi connectivity index (χ3n) is 2.80. The van der Waals surface area contributed by atoms with E-state index in [-0.39, 0.29) is 11.9 Å². The molecule has 1 amide bonds. The molecule has 0 aliphatic carbocycles. The Balaban J connectivity index is 1.87. The summed E-state index contributed by atoms with van der Waals surface area (Å²) in [5.74, 6) is -0.215. The minimum Gasteiger partial charge on any atom is -0.397 e. The number of fused-ring (bicyclic) bond motifs is 1. The van der Waals surface area contributed by atoms with Crippen molar-refractivity contribution in [3.8, 4) is 0 Å². The van der Waals surface area contributed by atoms with Gasteiger partial charge in [-0.25, -0.2) is 4.98 Å². The summed E-state index contributed by atoms with van der Waals surface area (Å²) < 4.78 is 0. The van der Waals surface area contributed by atoms with Crippen LogP contribution in [0.2, 0.25) is 0 Å². The van der Waals surface area contributed by atoms with Crippen LogP contribution in [0.25, 0.3) is 10.2 Å². The lowest BCUT2D eigenvalue weighted by Crippen LogP contribution is -2.26. The number of amides is 1. The van der Waals surface area contributed by atoms with Gasteiger partial charge in [0, 0.05) is 17.0 Å². The minimum atomic E-state index is -0.215. The minimum absolute atomic E-state index is 0.154. The van der Waals surface area contributed by atoms with Crippen LogP contribution in [0.5, 0.6) is 0 Å². The van der Waals surface area contributed by atoms with Gasteiger partial charge in [-0.05, 0) is 13.0 Å². The van der Waals surface area contributed by atoms with E-state index in [0.717, 1.165) is 10.4 Å². The molecule has 3 heterocycles. The van der Waals surface area contributed by atoms with Crippen molar-refractivity contribution < 1.29 is 4.79 Å². The van der Waals surface area contributed by atoms with Crippen LogP contribution in [0.3, 0.4) is 0 Å². The molecule has 0 radical (unpaired) electrons. The van der Waals surface area contributed by atoms with Crippen molar-refractivity contribution in [1.29, 1.82) is 0 Å². The predicted octanol–water partition coefficient (Wildman–Crippen LogP) is 2.22. The first-order valence-electron chi connectivity index (χ1n) is 5.86. The molecule has 0 spiro atoms. The SMILES string of the molecule is CC(NC(=O)c1sc2nnccc2c1N)c1nccs1. The van der Waals surface area contributed by atoms with Gasteiger partial charge in [-0.3, -0.25) is 4.79 Å². The molecule has 8 heteroatoms. The van der Waals surface area contributed by atoms with E-state index in [1.807, 2.05) is 12.3 Å². The molecule has 0 fully saturated rings. The van der Waals surface area contributed by atoms with Gasteiger partial charge in [0.15, 0.2) is 0 Å². The number of nitrogens with zero attached hydrogens (tertiary/aromatic N) is 3. The largest absolute Gasteiger partial charge is 0.397 e. The van der Waals surface area contributed by atoms with Crippen LogP contribution in [-0.4, -0.2) is 21.1 Å². The second-order valence-corrected chi connectivity index (χ2v) is 6.09. The smallest absolute Gasteiger partial charge is 0.264 e. The molecule has 0 bridgehead atoms. The van der Waals surface area contributed by atoms with Crippen LogP contribution in [0.15, 0.2) is 23.8 Å². The Hall–Kier alpha value is -2.06. The van der Waals surface area contributed by atoms with E-state index in [1.165, 1.54) is 22.7 Å². The molecule has 1 atom stereocenters. The monoisotopic (exact) mass is 305 g/mol. The number of nitrogens with two attached hydrogens (primary N) is 1. The zero-order valence-corrected chi connectivity index (χ0v) is 12.2. The van der Waals surface area contributed by atoms with E-state index in [9.17, 15) is 4.79 Å². The Labute approximate surface area is 122 Å². The van der Waals surface area contributed by atoms with Crippen molar-refractivity contribution in [2.24, 2.45) is 0 Å². The number of hydrogen-bond donors (Lipinski definition) is 2. The zero-order valence-electron chi connectivity index (χ0n) is 10.5. The molecule has 0 saturated carbocycles. The number of carbonyl (C=O) groups is 1. The summed E-state index contributed by atoms with van der Waals surface area (Å²) in [6.45, 7) is 1.89. The van der Waals surface area contributed by atoms with Gasteiger partial charge in [0.25, 0.3) is 5.91 Å². The van der Waals surface area contributed by atoms with E-state index in [1.54, 1.807) is 18.5 Å². The summed E-state index contributed by atoms with van der Waals surface area (Å²) in [7, 11) is 0. The summed E-state index contributed by atoms with van der Waals surface area (Å²) >= 11 is 2.74. The Kier molecular flexibility index (Phi) is 3.33. The van der Waals surface area contributed by atoms with Crippen molar-refractivity contribution in [3.05, 3.63) is 33.7 Å². The fourth-order valence-electron chi connectivity index (χ4n) is 1.81. The van der Waals surface area contributed by atoms with Gasteiger partial charge >= 0.3 is 0 Å². The molecular formula is C12H11N5OS2. The number of nitrogen functional groups attached to an aromatic ring is 1. The first-order valence-corrected chi connectivity index (χ1v) is 7.56. The maximum absolute atomic E-state index is 12.3. The molecule has 20 heavy (non-hydrogen) atoms. The van der Waals surface area contributed by atoms with Crippen molar-refractivity contribution in [2.75, 3.05) is 5.73 Å². The third kappa shape index (κ3) is 2.23. The highest BCUT2D eigenvalue weighted by atomic mass is 32.1. The van der Waals surface area contributed by atoms with Gasteiger partial charge in [0.2, 0.25) is 0 Å². The van der Waals surface area contributed by atoms with Gasteiger partial charge in [-0.2, -0.15) is 5.10 Å². The maximum Gasteiger partial charge on any atom is 0.264 e. The van der Waals surface area contributed by atoms with Crippen LogP contribution in [0.4, 0.5) is 5.69 Å². The van der Waals surface area contributed by atoms with Gasteiger partial charge in [-0.15, -0.1) is 27.8 Å². The summed E-state index contributed by atoms with van der Waals surface area (Å²) in [5, 5.41) is 14.2. The van der Waals surface area contributed by atoms with E-state index in [2.05, 4.69) is 20.5 Å². The molecule has 1 unspecified atom stereocenters. The van der Waals surface area contributed by atoms with Crippen molar-refractivity contribution in [3.63, 3.8) is 0 Å². The number of anilines is 1. The molecule has 3 N–H and O–H groups in total. The molecule has 0 aliphatic rings. The first-order chi connectivity index (χ1) is 9.66. The highest BCUT2D eigenvalue weighted by Crippen LogP contribution is 2.31. The van der Waals surface area contributed by atoms with Crippen LogP contribution in [0.1, 0.15) is 27.6 Å². The summed E-state index contributed by atoms with van der Waals surface area (Å²) in [5.41, 5.74) is 6.45. The number of nitrogens with one attached hydrogen (secondary N) is 1. The molecule has 3 aromatic heterocycles. The van der Waals surface area contributed by atoms with Crippen molar-refractivity contribution in [1.82, 2.24) is 20.5 Å². The fraction of sp³-hybridized carbons (Fsp3) is 0.167. The number of aromatic nitrogens is 3. The van der Waals surface area contributed by atoms with E-state index in [0.29, 0.717) is 15.4 Å². The molecular weight excluding hydrogens is 294 g/mol. The third-order valence-corrected chi connectivity index (χ3v) is 4.86. The topological polar surface area (TPSA) is 93.8 Å². The second kappa shape index (κ2) is 5.14. The van der Waals surface area contributed by atoms with E-state index < -0.39 is 0 Å². The quantitative estimate of drug-likeness (QED) is 0.774. The van der Waals surface area contributed by atoms with Crippen molar-refractivity contribution >= 4 is 44.5 Å². The first kappa shape index (κ1) is 12.9. The molecule has 0 saturated heterocycles. The van der Waals surface area contributed by atoms with Crippen LogP contribution >= 0.6 is 22.7 Å². The molecule has 102 valence electrons. The van der Waals surface area contributed by atoms with E-state index >= 15 is 0 Å². The van der Waals surface area contributed by atoms with Crippen LogP contribution in [-0.2, 0) is 0 Å². The number of thiazole rings is 1. The standard InChI is InChI=1S/C12H11N5OS2/c1-6(11-14-4-5-19-11)16-10(18)9-8(13)7-2-3-15-17-12(7)20-9/h2-6H,13H2,1H3,(H,16,18). The fourth-order valence-corrected chi connectivity index (χ4v) is 3.40. The second-order valence-electron chi connectivity index (χ2n) is 4.16. The molecule has 3 aromatic rings. The van der Waals surface area contributed by atoms with Gasteiger partial charge in [-0.1, -0.05) is 0 Å². The number of thiophene rings is 1. The summed E-state index contributed by atoms with van der Waals surface area (Å²) in [6.07, 6.45) is 3.28. The lowest BCUT2D eigenvalue weighted by molar-refractivity contribution is 0.0945. The molecule has 0 aromatic carbocycles. The zero-order chi connectivity index (χ0) is 14.1. The molecule has 0 aliphatic heterocycles. The average molecular weight is 305 g/mol. The number of rotatable bonds is 3. The summed E-state index contributed by atoms with van der Waals surface area (Å²) in [4.78, 5) is 17.6. The normalized spacial score (nSPS) is 12.4. The van der Waals surface area contributed by atoms with Crippen LogP contribution < -0.4 is 11.1 Å². The van der Waals surface area contributed by atoms with Gasteiger partial charge in [0.05, 0.1) is 17.9 Å².